The van der Waals surface area contributed by atoms with Gasteiger partial charge in [0.15, 0.2) is 0 Å². The van der Waals surface area contributed by atoms with Crippen LogP contribution >= 0.6 is 0 Å². The van der Waals surface area contributed by atoms with Gasteiger partial charge in [-0.05, 0) is 11.7 Å². The van der Waals surface area contributed by atoms with Crippen LogP contribution in [0.15, 0.2) is 30.3 Å². The fourth-order valence-corrected chi connectivity index (χ4v) is 3.37. The van der Waals surface area contributed by atoms with Crippen LogP contribution in [0.5, 0.6) is 0 Å². The van der Waals surface area contributed by atoms with Crippen LogP contribution in [0.25, 0.3) is 0 Å². The van der Waals surface area contributed by atoms with E-state index in [4.69, 9.17) is 0 Å². The third-order valence-corrected chi connectivity index (χ3v) is 3.90. The predicted molar refractivity (Wildman–Crippen MR) is 72.3 cm³/mol. The molecule has 1 N–H and O–H groups in total. The van der Waals surface area contributed by atoms with Gasteiger partial charge in [-0.1, -0.05) is 50.0 Å². The maximum atomic E-state index is 12.7. The summed E-state index contributed by atoms with van der Waals surface area (Å²) in [4.78, 5) is 1.11. The van der Waals surface area contributed by atoms with Crippen LogP contribution in [0.2, 0.25) is 19.6 Å². The van der Waals surface area contributed by atoms with Crippen molar-refractivity contribution in [3.8, 4) is 0 Å². The second-order valence-electron chi connectivity index (χ2n) is 5.87. The zero-order valence-corrected chi connectivity index (χ0v) is 12.4. The fraction of sp³-hybridized carbons (Fsp3) is 0.538. The van der Waals surface area contributed by atoms with Crippen molar-refractivity contribution in [3.05, 3.63) is 35.9 Å². The zero-order chi connectivity index (χ0) is 14.7. The van der Waals surface area contributed by atoms with Gasteiger partial charge in [-0.2, -0.15) is 13.2 Å². The van der Waals surface area contributed by atoms with Crippen molar-refractivity contribution in [1.29, 1.82) is 0 Å². The first kappa shape index (κ1) is 16.2. The van der Waals surface area contributed by atoms with Crippen molar-refractivity contribution in [2.45, 2.75) is 38.6 Å². The standard InChI is InChI=1S/C13H20F3NOSi/c1-19(2,3)10-17(12(18)13(14,15)16)9-11-7-5-4-6-8-11/h4-8,12,18H,9-10H2,1-3H3. The predicted octanol–water partition coefficient (Wildman–Crippen LogP) is 3.25. The van der Waals surface area contributed by atoms with E-state index < -0.39 is 20.5 Å². The van der Waals surface area contributed by atoms with E-state index in [1.807, 2.05) is 25.7 Å². The van der Waals surface area contributed by atoms with E-state index >= 15 is 0 Å². The van der Waals surface area contributed by atoms with E-state index in [2.05, 4.69) is 0 Å². The van der Waals surface area contributed by atoms with Crippen LogP contribution in [0.3, 0.4) is 0 Å². The highest BCUT2D eigenvalue weighted by atomic mass is 28.3. The highest BCUT2D eigenvalue weighted by molar-refractivity contribution is 6.76. The number of alkyl halides is 3. The highest BCUT2D eigenvalue weighted by Gasteiger charge is 2.43. The Balaban J connectivity index is 2.87. The molecule has 19 heavy (non-hydrogen) atoms. The average molecular weight is 291 g/mol. The van der Waals surface area contributed by atoms with E-state index in [-0.39, 0.29) is 6.54 Å². The molecule has 1 atom stereocenters. The lowest BCUT2D eigenvalue weighted by atomic mass is 10.2. The molecule has 1 aromatic rings. The molecule has 0 saturated heterocycles. The molecule has 0 aliphatic heterocycles. The Kier molecular flexibility index (Phi) is 5.17. The molecule has 0 aliphatic rings. The molecule has 0 spiro atoms. The Morgan fingerprint density at radius 3 is 2.11 bits per heavy atom. The first-order valence-electron chi connectivity index (χ1n) is 6.12. The number of nitrogens with zero attached hydrogens (tertiary/aromatic N) is 1. The van der Waals surface area contributed by atoms with Crippen LogP contribution in [0, 0.1) is 0 Å². The zero-order valence-electron chi connectivity index (χ0n) is 11.4. The summed E-state index contributed by atoms with van der Waals surface area (Å²) in [5.74, 6) is 0. The van der Waals surface area contributed by atoms with Crippen molar-refractivity contribution < 1.29 is 18.3 Å². The minimum absolute atomic E-state index is 0.103. The summed E-state index contributed by atoms with van der Waals surface area (Å²) in [5.41, 5.74) is 0.768. The molecule has 1 aromatic carbocycles. The van der Waals surface area contributed by atoms with E-state index in [1.165, 1.54) is 0 Å². The quantitative estimate of drug-likeness (QED) is 0.665. The van der Waals surface area contributed by atoms with Crippen molar-refractivity contribution in [3.63, 3.8) is 0 Å². The summed E-state index contributed by atoms with van der Waals surface area (Å²) in [5, 5.41) is 9.49. The Hall–Kier alpha value is -0.853. The van der Waals surface area contributed by atoms with Crippen molar-refractivity contribution >= 4 is 8.07 Å². The van der Waals surface area contributed by atoms with E-state index in [9.17, 15) is 18.3 Å². The van der Waals surface area contributed by atoms with Gasteiger partial charge in [-0.3, -0.25) is 4.90 Å². The maximum absolute atomic E-state index is 12.7. The van der Waals surface area contributed by atoms with Crippen molar-refractivity contribution in [2.75, 3.05) is 6.17 Å². The van der Waals surface area contributed by atoms with Gasteiger partial charge < -0.3 is 5.11 Å². The lowest BCUT2D eigenvalue weighted by Gasteiger charge is -2.33. The minimum atomic E-state index is -4.62. The van der Waals surface area contributed by atoms with Crippen LogP contribution < -0.4 is 0 Å². The Morgan fingerprint density at radius 2 is 1.68 bits per heavy atom. The molecule has 108 valence electrons. The third-order valence-electron chi connectivity index (χ3n) is 2.54. The number of halogens is 3. The summed E-state index contributed by atoms with van der Waals surface area (Å²) < 4.78 is 38.1. The third kappa shape index (κ3) is 5.75. The molecular weight excluding hydrogens is 271 g/mol. The number of hydrogen-bond donors (Lipinski definition) is 1. The molecule has 1 unspecified atom stereocenters. The van der Waals surface area contributed by atoms with E-state index in [0.29, 0.717) is 6.17 Å². The van der Waals surface area contributed by atoms with Gasteiger partial charge in [0, 0.05) is 6.54 Å². The lowest BCUT2D eigenvalue weighted by molar-refractivity contribution is -0.249. The average Bonchev–Trinajstić information content (AvgIpc) is 2.25. The fourth-order valence-electron chi connectivity index (χ4n) is 1.86. The second kappa shape index (κ2) is 6.07. The topological polar surface area (TPSA) is 23.5 Å². The SMILES string of the molecule is C[Si](C)(C)CN(Cc1ccccc1)C(O)C(F)(F)F. The minimum Gasteiger partial charge on any atom is -0.370 e. The maximum Gasteiger partial charge on any atom is 0.428 e. The Morgan fingerprint density at radius 1 is 1.16 bits per heavy atom. The summed E-state index contributed by atoms with van der Waals surface area (Å²) in [6.45, 7) is 6.04. The van der Waals surface area contributed by atoms with Gasteiger partial charge in [0.25, 0.3) is 0 Å². The molecule has 2 nitrogen and oxygen atoms in total. The van der Waals surface area contributed by atoms with Gasteiger partial charge >= 0.3 is 6.18 Å². The number of benzene rings is 1. The molecule has 0 heterocycles. The number of hydrogen-bond acceptors (Lipinski definition) is 2. The highest BCUT2D eigenvalue weighted by Crippen LogP contribution is 2.25. The molecule has 0 aromatic heterocycles. The molecule has 0 radical (unpaired) electrons. The van der Waals surface area contributed by atoms with Gasteiger partial charge in [0.1, 0.15) is 0 Å². The summed E-state index contributed by atoms with van der Waals surface area (Å²) in [6.07, 6.45) is -6.73. The second-order valence-corrected chi connectivity index (χ2v) is 11.3. The number of aliphatic hydroxyl groups excluding tert-OH is 1. The molecule has 0 amide bonds. The summed E-state index contributed by atoms with van der Waals surface area (Å²) in [6, 6.07) is 8.90. The first-order valence-corrected chi connectivity index (χ1v) is 9.83. The van der Waals surface area contributed by atoms with Crippen LogP contribution in [0.1, 0.15) is 5.56 Å². The lowest BCUT2D eigenvalue weighted by Crippen LogP contribution is -2.51. The Bertz CT molecular complexity index is 389. The normalized spacial score (nSPS) is 14.7. The largest absolute Gasteiger partial charge is 0.428 e. The Labute approximate surface area is 112 Å². The molecule has 0 saturated carbocycles. The van der Waals surface area contributed by atoms with Gasteiger partial charge in [-0.25, -0.2) is 0 Å². The summed E-state index contributed by atoms with van der Waals surface area (Å²) >= 11 is 0. The molecule has 0 fully saturated rings. The molecule has 0 bridgehead atoms. The van der Waals surface area contributed by atoms with Crippen molar-refractivity contribution in [1.82, 2.24) is 4.90 Å². The van der Waals surface area contributed by atoms with E-state index in [1.54, 1.807) is 24.3 Å². The van der Waals surface area contributed by atoms with Crippen molar-refractivity contribution in [2.24, 2.45) is 0 Å². The van der Waals surface area contributed by atoms with Gasteiger partial charge in [0.2, 0.25) is 6.23 Å². The van der Waals surface area contributed by atoms with Crippen LogP contribution in [-0.4, -0.2) is 36.7 Å². The van der Waals surface area contributed by atoms with Crippen LogP contribution in [0.4, 0.5) is 13.2 Å². The van der Waals surface area contributed by atoms with Gasteiger partial charge in [-0.15, -0.1) is 0 Å². The smallest absolute Gasteiger partial charge is 0.370 e. The molecular formula is C13H20F3NOSi. The van der Waals surface area contributed by atoms with Crippen LogP contribution in [-0.2, 0) is 6.54 Å². The number of rotatable bonds is 5. The van der Waals surface area contributed by atoms with Gasteiger partial charge in [0.05, 0.1) is 8.07 Å². The molecule has 0 aliphatic carbocycles. The molecule has 6 heteroatoms. The first-order chi connectivity index (χ1) is 8.59. The van der Waals surface area contributed by atoms with E-state index in [0.717, 1.165) is 10.5 Å². The summed E-state index contributed by atoms with van der Waals surface area (Å²) in [7, 11) is -1.75. The number of aliphatic hydroxyl groups is 1. The molecule has 1 rings (SSSR count). The monoisotopic (exact) mass is 291 g/mol.